The van der Waals surface area contributed by atoms with Gasteiger partial charge >= 0.3 is 5.69 Å². The topological polar surface area (TPSA) is 61.8 Å². The van der Waals surface area contributed by atoms with Gasteiger partial charge < -0.3 is 26.0 Å². The number of halogens is 1. The monoisotopic (exact) mass is 401 g/mol. The van der Waals surface area contributed by atoms with Gasteiger partial charge in [0.15, 0.2) is 11.2 Å². The summed E-state index contributed by atoms with van der Waals surface area (Å²) in [5, 5.41) is 0. The van der Waals surface area contributed by atoms with E-state index in [4.69, 9.17) is 0 Å². The van der Waals surface area contributed by atoms with E-state index >= 15 is 0 Å². The van der Waals surface area contributed by atoms with Crippen LogP contribution in [0.25, 0.3) is 11.2 Å². The summed E-state index contributed by atoms with van der Waals surface area (Å²) in [6.07, 6.45) is 2.82. The highest BCUT2D eigenvalue weighted by atomic mass is 79.9. The van der Waals surface area contributed by atoms with Crippen LogP contribution in [0.3, 0.4) is 0 Å². The van der Waals surface area contributed by atoms with Gasteiger partial charge in [0.25, 0.3) is 5.56 Å². The lowest BCUT2D eigenvalue weighted by Crippen LogP contribution is -3.00. The average molecular weight is 402 g/mol. The number of hydrogen-bond acceptors (Lipinski definition) is 3. The Morgan fingerprint density at radius 2 is 1.83 bits per heavy atom. The zero-order chi connectivity index (χ0) is 17.4. The number of quaternary nitrogens is 1. The maximum Gasteiger partial charge on any atom is 0.332 e. The molecule has 0 radical (unpaired) electrons. The van der Waals surface area contributed by atoms with E-state index in [2.05, 4.69) is 32.9 Å². The van der Waals surface area contributed by atoms with E-state index in [1.54, 1.807) is 13.4 Å². The SMILES string of the molecule is CCC[N+](C)(C)CC(C)Cn1cnc2c1c(=O)n(C)c(=O)n2C.[Br-]. The van der Waals surface area contributed by atoms with Crippen LogP contribution in [0.4, 0.5) is 0 Å². The molecule has 2 aromatic rings. The molecule has 0 aromatic carbocycles. The molecule has 7 nitrogen and oxygen atoms in total. The fraction of sp³-hybridized carbons (Fsp3) is 0.688. The second-order valence-corrected chi connectivity index (χ2v) is 7.22. The predicted octanol–water partition coefficient (Wildman–Crippen LogP) is -2.44. The first kappa shape index (κ1) is 20.6. The smallest absolute Gasteiger partial charge is 0.332 e. The molecule has 1 unspecified atom stereocenters. The van der Waals surface area contributed by atoms with Gasteiger partial charge in [-0.3, -0.25) is 13.9 Å². The molecule has 0 aliphatic rings. The molecule has 8 heteroatoms. The van der Waals surface area contributed by atoms with Gasteiger partial charge in [0.2, 0.25) is 0 Å². The van der Waals surface area contributed by atoms with Gasteiger partial charge in [-0.15, -0.1) is 0 Å². The molecule has 0 aliphatic heterocycles. The normalized spacial score (nSPS) is 13.1. The molecule has 136 valence electrons. The van der Waals surface area contributed by atoms with E-state index in [9.17, 15) is 9.59 Å². The van der Waals surface area contributed by atoms with Crippen molar-refractivity contribution in [3.05, 3.63) is 27.2 Å². The standard InChI is InChI=1S/C16H28N5O2.BrH/c1-7-8-21(5,6)10-12(2)9-20-11-17-14-13(20)15(22)19(4)16(23)18(14)3;/h11-12H,7-10H2,1-6H3;1H/q+1;/p-1. The molecular weight excluding hydrogens is 374 g/mol. The Labute approximate surface area is 152 Å². The van der Waals surface area contributed by atoms with Crippen LogP contribution in [0.1, 0.15) is 20.3 Å². The van der Waals surface area contributed by atoms with E-state index in [-0.39, 0.29) is 28.2 Å². The highest BCUT2D eigenvalue weighted by Crippen LogP contribution is 2.12. The van der Waals surface area contributed by atoms with Gasteiger partial charge in [-0.25, -0.2) is 9.78 Å². The first-order valence-electron chi connectivity index (χ1n) is 8.10. The average Bonchev–Trinajstić information content (AvgIpc) is 2.85. The molecule has 24 heavy (non-hydrogen) atoms. The lowest BCUT2D eigenvalue weighted by atomic mass is 10.1. The molecule has 0 fully saturated rings. The number of rotatable bonds is 6. The van der Waals surface area contributed by atoms with Gasteiger partial charge in [-0.2, -0.15) is 0 Å². The summed E-state index contributed by atoms with van der Waals surface area (Å²) >= 11 is 0. The first-order chi connectivity index (χ1) is 10.7. The number of aromatic nitrogens is 4. The molecule has 0 spiro atoms. The fourth-order valence-corrected chi connectivity index (χ4v) is 3.47. The molecule has 0 bridgehead atoms. The quantitative estimate of drug-likeness (QED) is 0.505. The molecule has 2 heterocycles. The first-order valence-corrected chi connectivity index (χ1v) is 8.10. The predicted molar refractivity (Wildman–Crippen MR) is 91.5 cm³/mol. The number of aryl methyl sites for hydroxylation is 1. The Morgan fingerprint density at radius 3 is 2.42 bits per heavy atom. The van der Waals surface area contributed by atoms with Crippen molar-refractivity contribution >= 4 is 11.2 Å². The Bertz CT molecular complexity index is 818. The van der Waals surface area contributed by atoms with Crippen molar-refractivity contribution in [2.24, 2.45) is 20.0 Å². The van der Waals surface area contributed by atoms with Crippen molar-refractivity contribution in [3.63, 3.8) is 0 Å². The van der Waals surface area contributed by atoms with Crippen LogP contribution >= 0.6 is 0 Å². The minimum Gasteiger partial charge on any atom is -1.00 e. The van der Waals surface area contributed by atoms with Crippen LogP contribution in [-0.4, -0.2) is 50.4 Å². The van der Waals surface area contributed by atoms with E-state index < -0.39 is 0 Å². The van der Waals surface area contributed by atoms with Gasteiger partial charge in [0.1, 0.15) is 0 Å². The van der Waals surface area contributed by atoms with Crippen molar-refractivity contribution < 1.29 is 21.5 Å². The highest BCUT2D eigenvalue weighted by Gasteiger charge is 2.21. The van der Waals surface area contributed by atoms with Gasteiger partial charge in [0.05, 0.1) is 33.5 Å². The van der Waals surface area contributed by atoms with Crippen LogP contribution in [-0.2, 0) is 20.6 Å². The summed E-state index contributed by atoms with van der Waals surface area (Å²) in [5.74, 6) is 0.399. The second kappa shape index (κ2) is 7.65. The van der Waals surface area contributed by atoms with Crippen molar-refractivity contribution in [2.45, 2.75) is 26.8 Å². The van der Waals surface area contributed by atoms with Crippen LogP contribution in [0.2, 0.25) is 0 Å². The minimum atomic E-state index is -0.346. The third-order valence-electron chi connectivity index (χ3n) is 4.36. The van der Waals surface area contributed by atoms with Gasteiger partial charge in [-0.1, -0.05) is 13.8 Å². The molecule has 0 saturated heterocycles. The summed E-state index contributed by atoms with van der Waals surface area (Å²) in [6, 6.07) is 0. The van der Waals surface area contributed by atoms with E-state index in [0.29, 0.717) is 17.1 Å². The molecule has 2 aromatic heterocycles. The van der Waals surface area contributed by atoms with Crippen molar-refractivity contribution in [1.82, 2.24) is 18.7 Å². The molecular formula is C16H28BrN5O2. The van der Waals surface area contributed by atoms with E-state index in [1.807, 2.05) is 4.57 Å². The Morgan fingerprint density at radius 1 is 1.21 bits per heavy atom. The van der Waals surface area contributed by atoms with Gasteiger partial charge in [-0.05, 0) is 6.42 Å². The third kappa shape index (κ3) is 3.97. The number of imidazole rings is 1. The molecule has 2 rings (SSSR count). The minimum absolute atomic E-state index is 0. The zero-order valence-corrected chi connectivity index (χ0v) is 17.0. The van der Waals surface area contributed by atoms with E-state index in [1.165, 1.54) is 11.6 Å². The molecule has 0 saturated carbocycles. The van der Waals surface area contributed by atoms with Crippen molar-refractivity contribution in [3.8, 4) is 0 Å². The van der Waals surface area contributed by atoms with Crippen LogP contribution in [0.5, 0.6) is 0 Å². The summed E-state index contributed by atoms with van der Waals surface area (Å²) in [5.41, 5.74) is 0.325. The summed E-state index contributed by atoms with van der Waals surface area (Å²) in [4.78, 5) is 28.7. The summed E-state index contributed by atoms with van der Waals surface area (Å²) in [6.45, 7) is 7.26. The van der Waals surface area contributed by atoms with Crippen LogP contribution in [0, 0.1) is 5.92 Å². The fourth-order valence-electron chi connectivity index (χ4n) is 3.47. The highest BCUT2D eigenvalue weighted by molar-refractivity contribution is 5.69. The largest absolute Gasteiger partial charge is 1.00 e. The van der Waals surface area contributed by atoms with E-state index in [0.717, 1.165) is 35.1 Å². The molecule has 0 N–H and O–H groups in total. The lowest BCUT2D eigenvalue weighted by molar-refractivity contribution is -0.893. The van der Waals surface area contributed by atoms with Crippen molar-refractivity contribution in [1.29, 1.82) is 0 Å². The Balaban J connectivity index is 0.00000288. The number of fused-ring (bicyclic) bond motifs is 1. The molecule has 0 amide bonds. The number of hydrogen-bond donors (Lipinski definition) is 0. The maximum atomic E-state index is 12.4. The maximum absolute atomic E-state index is 12.4. The summed E-state index contributed by atoms with van der Waals surface area (Å²) < 4.78 is 5.41. The lowest BCUT2D eigenvalue weighted by Gasteiger charge is -2.32. The molecule has 1 atom stereocenters. The van der Waals surface area contributed by atoms with Gasteiger partial charge in [0, 0.05) is 26.6 Å². The third-order valence-corrected chi connectivity index (χ3v) is 4.36. The van der Waals surface area contributed by atoms with Crippen LogP contribution < -0.4 is 28.2 Å². The Kier molecular flexibility index (Phi) is 6.58. The molecule has 0 aliphatic carbocycles. The number of nitrogens with zero attached hydrogens (tertiary/aromatic N) is 5. The second-order valence-electron chi connectivity index (χ2n) is 7.22. The van der Waals surface area contributed by atoms with Crippen molar-refractivity contribution in [2.75, 3.05) is 27.2 Å². The zero-order valence-electron chi connectivity index (χ0n) is 15.4. The Hall–Kier alpha value is -1.41. The summed E-state index contributed by atoms with van der Waals surface area (Å²) in [7, 11) is 7.61. The van der Waals surface area contributed by atoms with Crippen LogP contribution in [0.15, 0.2) is 15.9 Å².